The van der Waals surface area contributed by atoms with E-state index in [1.54, 1.807) is 30.3 Å². The second kappa shape index (κ2) is 7.95. The molecule has 7 heteroatoms. The summed E-state index contributed by atoms with van der Waals surface area (Å²) < 4.78 is 13.1. The molecule has 0 radical (unpaired) electrons. The predicted molar refractivity (Wildman–Crippen MR) is 96.3 cm³/mol. The lowest BCUT2D eigenvalue weighted by atomic mass is 10.0. The number of nitro benzene ring substituents is 1. The van der Waals surface area contributed by atoms with E-state index in [-0.39, 0.29) is 29.9 Å². The number of carbonyl (C=O) groups excluding carboxylic acids is 1. The summed E-state index contributed by atoms with van der Waals surface area (Å²) in [5, 5.41) is 14.0. The highest BCUT2D eigenvalue weighted by atomic mass is 19.1. The first kappa shape index (κ1) is 17.8. The molecule has 0 aliphatic carbocycles. The van der Waals surface area contributed by atoms with Crippen LogP contribution in [0, 0.1) is 15.9 Å². The zero-order valence-electron chi connectivity index (χ0n) is 14.2. The van der Waals surface area contributed by atoms with Crippen LogP contribution in [0.3, 0.4) is 0 Å². The molecule has 0 aromatic heterocycles. The fourth-order valence-corrected chi connectivity index (χ4v) is 3.33. The van der Waals surface area contributed by atoms with Gasteiger partial charge in [0, 0.05) is 25.6 Å². The van der Waals surface area contributed by atoms with Crippen molar-refractivity contribution >= 4 is 17.3 Å². The molecule has 1 heterocycles. The summed E-state index contributed by atoms with van der Waals surface area (Å²) in [5.41, 5.74) is 1.33. The molecule has 2 aromatic carbocycles. The van der Waals surface area contributed by atoms with Gasteiger partial charge >= 0.3 is 0 Å². The van der Waals surface area contributed by atoms with Crippen LogP contribution in [0.5, 0.6) is 0 Å². The largest absolute Gasteiger partial charge is 0.379 e. The maximum atomic E-state index is 13.1. The van der Waals surface area contributed by atoms with Gasteiger partial charge in [0.2, 0.25) is 5.91 Å². The Bertz CT molecular complexity index is 795. The molecule has 0 saturated carbocycles. The third-order valence-corrected chi connectivity index (χ3v) is 4.58. The van der Waals surface area contributed by atoms with Crippen LogP contribution in [-0.4, -0.2) is 28.8 Å². The number of anilines is 1. The molecule has 26 heavy (non-hydrogen) atoms. The molecule has 2 aromatic rings. The third kappa shape index (κ3) is 3.99. The van der Waals surface area contributed by atoms with Gasteiger partial charge in [-0.1, -0.05) is 24.3 Å². The van der Waals surface area contributed by atoms with Gasteiger partial charge in [0.1, 0.15) is 11.5 Å². The van der Waals surface area contributed by atoms with Gasteiger partial charge in [0.25, 0.3) is 5.69 Å². The average Bonchev–Trinajstić information content (AvgIpc) is 3.12. The number of hydrogen-bond donors (Lipinski definition) is 1. The second-order valence-corrected chi connectivity index (χ2v) is 6.25. The van der Waals surface area contributed by atoms with Crippen molar-refractivity contribution in [3.05, 3.63) is 70.0 Å². The van der Waals surface area contributed by atoms with Gasteiger partial charge in [-0.15, -0.1) is 0 Å². The lowest BCUT2D eigenvalue weighted by Gasteiger charge is -2.25. The highest BCUT2D eigenvalue weighted by Gasteiger charge is 2.29. The normalized spacial score (nSPS) is 16.5. The maximum absolute atomic E-state index is 13.1. The Morgan fingerprint density at radius 1 is 1.23 bits per heavy atom. The number of carbonyl (C=O) groups is 1. The molecule has 1 aliphatic rings. The molecule has 0 bridgehead atoms. The molecule has 1 atom stereocenters. The molecule has 3 rings (SSSR count). The molecule has 1 N–H and O–H groups in total. The van der Waals surface area contributed by atoms with Crippen LogP contribution < -0.4 is 5.32 Å². The van der Waals surface area contributed by atoms with Gasteiger partial charge in [-0.05, 0) is 36.6 Å². The Hall–Kier alpha value is -2.96. The monoisotopic (exact) mass is 357 g/mol. The number of likely N-dealkylation sites (tertiary alicyclic amines) is 1. The van der Waals surface area contributed by atoms with Crippen molar-refractivity contribution in [2.24, 2.45) is 0 Å². The van der Waals surface area contributed by atoms with Crippen LogP contribution in [0.2, 0.25) is 0 Å². The first-order chi connectivity index (χ1) is 12.6. The first-order valence-electron chi connectivity index (χ1n) is 8.58. The van der Waals surface area contributed by atoms with Crippen LogP contribution in [-0.2, 0) is 4.79 Å². The fraction of sp³-hybridized carbons (Fsp3) is 0.316. The molecular formula is C19H20FN3O3. The topological polar surface area (TPSA) is 75.5 Å². The van der Waals surface area contributed by atoms with Gasteiger partial charge in [-0.2, -0.15) is 0 Å². The zero-order chi connectivity index (χ0) is 18.5. The van der Waals surface area contributed by atoms with Crippen LogP contribution in [0.1, 0.15) is 30.9 Å². The molecule has 136 valence electrons. The van der Waals surface area contributed by atoms with E-state index >= 15 is 0 Å². The number of nitro groups is 1. The molecule has 1 unspecified atom stereocenters. The van der Waals surface area contributed by atoms with E-state index in [0.29, 0.717) is 18.8 Å². The van der Waals surface area contributed by atoms with Gasteiger partial charge < -0.3 is 10.2 Å². The van der Waals surface area contributed by atoms with Gasteiger partial charge in [-0.25, -0.2) is 4.39 Å². The van der Waals surface area contributed by atoms with Gasteiger partial charge in [0.05, 0.1) is 11.0 Å². The number of amides is 1. The van der Waals surface area contributed by atoms with E-state index in [2.05, 4.69) is 5.32 Å². The summed E-state index contributed by atoms with van der Waals surface area (Å²) >= 11 is 0. The van der Waals surface area contributed by atoms with Crippen molar-refractivity contribution < 1.29 is 14.1 Å². The van der Waals surface area contributed by atoms with Crippen LogP contribution in [0.4, 0.5) is 15.8 Å². The van der Waals surface area contributed by atoms with Crippen LogP contribution in [0.25, 0.3) is 0 Å². The van der Waals surface area contributed by atoms with Crippen molar-refractivity contribution in [3.63, 3.8) is 0 Å². The number of para-hydroxylation sites is 2. The summed E-state index contributed by atoms with van der Waals surface area (Å²) in [6.45, 7) is 0.989. The quantitative estimate of drug-likeness (QED) is 0.628. The van der Waals surface area contributed by atoms with E-state index in [9.17, 15) is 19.3 Å². The summed E-state index contributed by atoms with van der Waals surface area (Å²) in [6, 6.07) is 12.6. The summed E-state index contributed by atoms with van der Waals surface area (Å²) in [6.07, 6.45) is 2.00. The minimum Gasteiger partial charge on any atom is -0.379 e. The Kier molecular flexibility index (Phi) is 5.46. The lowest BCUT2D eigenvalue weighted by Crippen LogP contribution is -2.31. The first-order valence-corrected chi connectivity index (χ1v) is 8.58. The third-order valence-electron chi connectivity index (χ3n) is 4.58. The molecule has 6 nitrogen and oxygen atoms in total. The highest BCUT2D eigenvalue weighted by Crippen LogP contribution is 2.32. The molecule has 0 spiro atoms. The minimum absolute atomic E-state index is 0.00897. The number of benzene rings is 2. The Labute approximate surface area is 150 Å². The van der Waals surface area contributed by atoms with Gasteiger partial charge in [-0.3, -0.25) is 14.9 Å². The molecule has 1 fully saturated rings. The minimum atomic E-state index is -0.449. The van der Waals surface area contributed by atoms with Crippen LogP contribution in [0.15, 0.2) is 48.5 Å². The number of rotatable bonds is 6. The fourth-order valence-electron chi connectivity index (χ4n) is 3.33. The summed E-state index contributed by atoms with van der Waals surface area (Å²) in [7, 11) is 0. The van der Waals surface area contributed by atoms with E-state index in [1.165, 1.54) is 18.2 Å². The molecular weight excluding hydrogens is 337 g/mol. The smallest absolute Gasteiger partial charge is 0.292 e. The standard InChI is InChI=1S/C19H20FN3O3/c20-15-9-7-14(8-10-15)17-6-3-13-22(17)19(24)11-12-21-16-4-1-2-5-18(16)23(25)26/h1-2,4-5,7-10,17,21H,3,6,11-13H2. The second-order valence-electron chi connectivity index (χ2n) is 6.25. The number of nitrogens with one attached hydrogen (secondary N) is 1. The number of nitrogens with zero attached hydrogens (tertiary/aromatic N) is 2. The Morgan fingerprint density at radius 3 is 2.69 bits per heavy atom. The van der Waals surface area contributed by atoms with Crippen molar-refractivity contribution in [2.75, 3.05) is 18.4 Å². The number of halogens is 1. The number of hydrogen-bond acceptors (Lipinski definition) is 4. The Balaban J connectivity index is 1.59. The van der Waals surface area contributed by atoms with E-state index < -0.39 is 4.92 Å². The predicted octanol–water partition coefficient (Wildman–Crippen LogP) is 3.90. The van der Waals surface area contributed by atoms with Crippen molar-refractivity contribution in [1.82, 2.24) is 4.90 Å². The van der Waals surface area contributed by atoms with Crippen molar-refractivity contribution in [3.8, 4) is 0 Å². The molecule has 1 aliphatic heterocycles. The summed E-state index contributed by atoms with van der Waals surface area (Å²) in [4.78, 5) is 25.0. The van der Waals surface area contributed by atoms with E-state index in [0.717, 1.165) is 18.4 Å². The zero-order valence-corrected chi connectivity index (χ0v) is 14.2. The molecule has 1 amide bonds. The SMILES string of the molecule is O=C(CCNc1ccccc1[N+](=O)[O-])N1CCCC1c1ccc(F)cc1. The van der Waals surface area contributed by atoms with Gasteiger partial charge in [0.15, 0.2) is 0 Å². The van der Waals surface area contributed by atoms with E-state index in [1.807, 2.05) is 4.90 Å². The van der Waals surface area contributed by atoms with Crippen molar-refractivity contribution in [1.29, 1.82) is 0 Å². The van der Waals surface area contributed by atoms with Crippen LogP contribution >= 0.6 is 0 Å². The van der Waals surface area contributed by atoms with E-state index in [4.69, 9.17) is 0 Å². The maximum Gasteiger partial charge on any atom is 0.292 e. The van der Waals surface area contributed by atoms with Crippen molar-refractivity contribution in [2.45, 2.75) is 25.3 Å². The molecule has 1 saturated heterocycles. The lowest BCUT2D eigenvalue weighted by molar-refractivity contribution is -0.384. The average molecular weight is 357 g/mol. The highest BCUT2D eigenvalue weighted by molar-refractivity contribution is 5.78. The summed E-state index contributed by atoms with van der Waals surface area (Å²) in [5.74, 6) is -0.304. The Morgan fingerprint density at radius 2 is 1.96 bits per heavy atom.